The van der Waals surface area contributed by atoms with Crippen molar-refractivity contribution in [3.63, 3.8) is 0 Å². The molecule has 0 aliphatic carbocycles. The number of anilines is 2. The van der Waals surface area contributed by atoms with Gasteiger partial charge in [0, 0.05) is 36.6 Å². The third kappa shape index (κ3) is 4.64. The van der Waals surface area contributed by atoms with Crippen LogP contribution in [0.2, 0.25) is 0 Å². The topological polar surface area (TPSA) is 96.9 Å². The highest BCUT2D eigenvalue weighted by Gasteiger charge is 2.28. The molecule has 1 fully saturated rings. The monoisotopic (exact) mass is 395 g/mol. The van der Waals surface area contributed by atoms with Crippen LogP contribution in [-0.2, 0) is 16.4 Å². The first-order valence-corrected chi connectivity index (χ1v) is 10.9. The van der Waals surface area contributed by atoms with Gasteiger partial charge < -0.3 is 10.6 Å². The quantitative estimate of drug-likeness (QED) is 0.662. The Labute approximate surface area is 164 Å². The van der Waals surface area contributed by atoms with Crippen LogP contribution in [0, 0.1) is 0 Å². The molecular formula is C20H21N5O2S. The molecule has 1 aliphatic heterocycles. The molecule has 1 saturated heterocycles. The summed E-state index contributed by atoms with van der Waals surface area (Å²) < 4.78 is 23.5. The van der Waals surface area contributed by atoms with Crippen LogP contribution in [0.4, 0.5) is 11.8 Å². The van der Waals surface area contributed by atoms with Gasteiger partial charge in [-0.15, -0.1) is 0 Å². The van der Waals surface area contributed by atoms with Gasteiger partial charge in [0.2, 0.25) is 5.95 Å². The second kappa shape index (κ2) is 7.93. The summed E-state index contributed by atoms with van der Waals surface area (Å²) in [5, 5.41) is 6.51. The molecule has 144 valence electrons. The molecule has 1 atom stereocenters. The van der Waals surface area contributed by atoms with Crippen LogP contribution in [0.3, 0.4) is 0 Å². The number of hydrogen-bond donors (Lipinski definition) is 2. The van der Waals surface area contributed by atoms with E-state index >= 15 is 0 Å². The molecule has 1 aromatic carbocycles. The summed E-state index contributed by atoms with van der Waals surface area (Å²) in [6, 6.07) is 15.4. The van der Waals surface area contributed by atoms with Crippen LogP contribution in [0.5, 0.6) is 0 Å². The maximum atomic E-state index is 11.8. The second-order valence-corrected chi connectivity index (χ2v) is 9.01. The van der Waals surface area contributed by atoms with Gasteiger partial charge in [0.25, 0.3) is 0 Å². The predicted molar refractivity (Wildman–Crippen MR) is 110 cm³/mol. The van der Waals surface area contributed by atoms with E-state index in [9.17, 15) is 8.42 Å². The Morgan fingerprint density at radius 1 is 1.04 bits per heavy atom. The average molecular weight is 395 g/mol. The summed E-state index contributed by atoms with van der Waals surface area (Å²) in [6.45, 7) is 0.567. The lowest BCUT2D eigenvalue weighted by Gasteiger charge is -2.14. The Balaban J connectivity index is 1.59. The fourth-order valence-corrected chi connectivity index (χ4v) is 4.83. The molecule has 0 bridgehead atoms. The zero-order valence-electron chi connectivity index (χ0n) is 15.2. The molecule has 7 nitrogen and oxygen atoms in total. The number of hydrogen-bond acceptors (Lipinski definition) is 7. The number of nitrogens with zero attached hydrogens (tertiary/aromatic N) is 3. The van der Waals surface area contributed by atoms with E-state index in [0.29, 0.717) is 24.7 Å². The van der Waals surface area contributed by atoms with E-state index in [1.165, 1.54) is 0 Å². The van der Waals surface area contributed by atoms with Crippen LogP contribution < -0.4 is 10.6 Å². The number of pyridine rings is 1. The molecule has 2 aromatic heterocycles. The van der Waals surface area contributed by atoms with Gasteiger partial charge >= 0.3 is 0 Å². The van der Waals surface area contributed by atoms with Gasteiger partial charge in [-0.3, -0.25) is 4.98 Å². The summed E-state index contributed by atoms with van der Waals surface area (Å²) in [5.74, 6) is 1.46. The van der Waals surface area contributed by atoms with Crippen LogP contribution >= 0.6 is 0 Å². The van der Waals surface area contributed by atoms with Gasteiger partial charge in [0.05, 0.1) is 17.2 Å². The van der Waals surface area contributed by atoms with E-state index in [0.717, 1.165) is 16.8 Å². The third-order valence-electron chi connectivity index (χ3n) is 4.58. The molecule has 8 heteroatoms. The number of nitrogens with one attached hydrogen (secondary N) is 2. The fourth-order valence-electron chi connectivity index (χ4n) is 3.16. The van der Waals surface area contributed by atoms with Crippen LogP contribution in [0.1, 0.15) is 12.0 Å². The fraction of sp³-hybridized carbons (Fsp3) is 0.250. The first kappa shape index (κ1) is 18.4. The average Bonchev–Trinajstić information content (AvgIpc) is 3.06. The minimum absolute atomic E-state index is 0.128. The van der Waals surface area contributed by atoms with Crippen molar-refractivity contribution in [2.24, 2.45) is 0 Å². The van der Waals surface area contributed by atoms with Crippen molar-refractivity contribution in [3.05, 3.63) is 66.5 Å². The molecule has 0 saturated carbocycles. The van der Waals surface area contributed by atoms with E-state index in [2.05, 4.69) is 25.6 Å². The molecule has 1 unspecified atom stereocenters. The van der Waals surface area contributed by atoms with Crippen molar-refractivity contribution in [2.75, 3.05) is 22.1 Å². The molecule has 0 radical (unpaired) electrons. The van der Waals surface area contributed by atoms with Gasteiger partial charge in [-0.1, -0.05) is 30.3 Å². The zero-order valence-corrected chi connectivity index (χ0v) is 16.1. The zero-order chi connectivity index (χ0) is 19.4. The van der Waals surface area contributed by atoms with E-state index in [1.807, 2.05) is 48.5 Å². The van der Waals surface area contributed by atoms with Crippen molar-refractivity contribution < 1.29 is 8.42 Å². The molecule has 28 heavy (non-hydrogen) atoms. The summed E-state index contributed by atoms with van der Waals surface area (Å²) in [6.07, 6.45) is 4.07. The van der Waals surface area contributed by atoms with Crippen LogP contribution in [-0.4, -0.2) is 40.9 Å². The van der Waals surface area contributed by atoms with Gasteiger partial charge in [-0.25, -0.2) is 13.4 Å². The molecular weight excluding hydrogens is 374 g/mol. The SMILES string of the molecule is O=S1(=O)CCC(Nc2cc(-c3ccccc3)nc(NCc3ccncc3)n2)C1. The molecule has 2 N–H and O–H groups in total. The number of aromatic nitrogens is 3. The maximum absolute atomic E-state index is 11.8. The van der Waals surface area contributed by atoms with Crippen molar-refractivity contribution in [3.8, 4) is 11.3 Å². The Hall–Kier alpha value is -3.00. The van der Waals surface area contributed by atoms with E-state index in [4.69, 9.17) is 0 Å². The highest BCUT2D eigenvalue weighted by atomic mass is 32.2. The normalized spacial score (nSPS) is 17.9. The lowest BCUT2D eigenvalue weighted by Crippen LogP contribution is -2.21. The van der Waals surface area contributed by atoms with Gasteiger partial charge in [-0.2, -0.15) is 4.98 Å². The molecule has 4 rings (SSSR count). The van der Waals surface area contributed by atoms with Gasteiger partial charge in [-0.05, 0) is 24.1 Å². The molecule has 3 aromatic rings. The Kier molecular flexibility index (Phi) is 5.21. The second-order valence-electron chi connectivity index (χ2n) is 6.78. The van der Waals surface area contributed by atoms with Crippen molar-refractivity contribution in [1.82, 2.24) is 15.0 Å². The number of rotatable bonds is 6. The summed E-state index contributed by atoms with van der Waals surface area (Å²) in [5.41, 5.74) is 2.82. The standard InChI is InChI=1S/C20H21N5O2S/c26-28(27)11-8-17(14-28)23-19-12-18(16-4-2-1-3-5-16)24-20(25-19)22-13-15-6-9-21-10-7-15/h1-7,9-10,12,17H,8,11,13-14H2,(H2,22,23,24,25). The van der Waals surface area contributed by atoms with E-state index in [-0.39, 0.29) is 17.5 Å². The Bertz CT molecular complexity index is 1040. The molecule has 3 heterocycles. The predicted octanol–water partition coefficient (Wildman–Crippen LogP) is 2.75. The summed E-state index contributed by atoms with van der Waals surface area (Å²) in [7, 11) is -2.96. The van der Waals surface area contributed by atoms with Crippen LogP contribution in [0.15, 0.2) is 60.9 Å². The lowest BCUT2D eigenvalue weighted by atomic mass is 10.1. The summed E-state index contributed by atoms with van der Waals surface area (Å²) >= 11 is 0. The highest BCUT2D eigenvalue weighted by Crippen LogP contribution is 2.23. The van der Waals surface area contributed by atoms with Crippen molar-refractivity contribution in [2.45, 2.75) is 19.0 Å². The summed E-state index contributed by atoms with van der Waals surface area (Å²) in [4.78, 5) is 13.2. The lowest BCUT2D eigenvalue weighted by molar-refractivity contribution is 0.602. The first-order chi connectivity index (χ1) is 13.6. The Morgan fingerprint density at radius 3 is 2.54 bits per heavy atom. The Morgan fingerprint density at radius 2 is 1.82 bits per heavy atom. The first-order valence-electron chi connectivity index (χ1n) is 9.12. The van der Waals surface area contributed by atoms with Crippen molar-refractivity contribution >= 4 is 21.6 Å². The number of sulfone groups is 1. The van der Waals surface area contributed by atoms with Crippen LogP contribution in [0.25, 0.3) is 11.3 Å². The number of benzene rings is 1. The third-order valence-corrected chi connectivity index (χ3v) is 6.35. The minimum atomic E-state index is -2.96. The molecule has 0 amide bonds. The highest BCUT2D eigenvalue weighted by molar-refractivity contribution is 7.91. The van der Waals surface area contributed by atoms with Gasteiger partial charge in [0.15, 0.2) is 9.84 Å². The molecule has 0 spiro atoms. The molecule has 1 aliphatic rings. The minimum Gasteiger partial charge on any atom is -0.366 e. The van der Waals surface area contributed by atoms with Gasteiger partial charge in [0.1, 0.15) is 5.82 Å². The van der Waals surface area contributed by atoms with E-state index in [1.54, 1.807) is 12.4 Å². The van der Waals surface area contributed by atoms with Crippen molar-refractivity contribution in [1.29, 1.82) is 0 Å². The van der Waals surface area contributed by atoms with E-state index < -0.39 is 9.84 Å². The smallest absolute Gasteiger partial charge is 0.225 e. The largest absolute Gasteiger partial charge is 0.366 e. The maximum Gasteiger partial charge on any atom is 0.225 e.